The molecule has 0 aliphatic carbocycles. The number of esters is 1. The number of ether oxygens (including phenoxy) is 2. The fraction of sp³-hybridized carbons (Fsp3) is 0.857. The predicted molar refractivity (Wildman–Crippen MR) is 89.6 cm³/mol. The average Bonchev–Trinajstić information content (AvgIpc) is 2.32. The summed E-state index contributed by atoms with van der Waals surface area (Å²) in [5.41, 5.74) is -0.546. The van der Waals surface area contributed by atoms with Crippen LogP contribution in [0, 0.1) is 5.92 Å². The molecule has 0 spiro atoms. The minimum absolute atomic E-state index is 0.311. The first-order valence-electron chi connectivity index (χ1n) is 7.03. The third kappa shape index (κ3) is 12.0. The Bertz CT molecular complexity index is 331. The summed E-state index contributed by atoms with van der Waals surface area (Å²) in [6.45, 7) is 9.79. The Kier molecular flexibility index (Phi) is 10.3. The molecule has 1 atom stereocenters. The molecular formula is C14H26BrNO4S. The SMILES string of the molecule is CC(C)C[C@H](NSC(=O)OC(C)(C)C)C(=O)OCCCBr. The number of halogens is 1. The molecule has 5 nitrogen and oxygen atoms in total. The third-order valence-electron chi connectivity index (χ3n) is 2.19. The zero-order valence-corrected chi connectivity index (χ0v) is 15.8. The highest BCUT2D eigenvalue weighted by atomic mass is 79.9. The number of nitrogens with one attached hydrogen (secondary N) is 1. The maximum atomic E-state index is 12.0. The van der Waals surface area contributed by atoms with Gasteiger partial charge in [-0.1, -0.05) is 29.8 Å². The van der Waals surface area contributed by atoms with E-state index in [4.69, 9.17) is 9.47 Å². The van der Waals surface area contributed by atoms with E-state index >= 15 is 0 Å². The average molecular weight is 384 g/mol. The van der Waals surface area contributed by atoms with Crippen LogP contribution in [0.25, 0.3) is 0 Å². The first-order valence-corrected chi connectivity index (χ1v) is 8.97. The zero-order valence-electron chi connectivity index (χ0n) is 13.4. The van der Waals surface area contributed by atoms with Crippen molar-refractivity contribution in [3.05, 3.63) is 0 Å². The van der Waals surface area contributed by atoms with Crippen LogP contribution in [0.2, 0.25) is 0 Å². The van der Waals surface area contributed by atoms with Gasteiger partial charge in [-0.2, -0.15) is 0 Å². The van der Waals surface area contributed by atoms with Gasteiger partial charge in [-0.15, -0.1) is 0 Å². The van der Waals surface area contributed by atoms with Gasteiger partial charge in [0, 0.05) is 17.3 Å². The fourth-order valence-electron chi connectivity index (χ4n) is 1.38. The molecule has 0 bridgehead atoms. The van der Waals surface area contributed by atoms with E-state index in [-0.39, 0.29) is 5.97 Å². The van der Waals surface area contributed by atoms with Gasteiger partial charge in [0.05, 0.1) is 6.61 Å². The second kappa shape index (κ2) is 10.5. The predicted octanol–water partition coefficient (Wildman–Crippen LogP) is 3.90. The fourth-order valence-corrected chi connectivity index (χ4v) is 2.33. The Hall–Kier alpha value is -0.270. The van der Waals surface area contributed by atoms with Crippen LogP contribution in [0.15, 0.2) is 0 Å². The molecule has 7 heteroatoms. The van der Waals surface area contributed by atoms with E-state index in [9.17, 15) is 9.59 Å². The Morgan fingerprint density at radius 2 is 1.90 bits per heavy atom. The molecule has 0 rings (SSSR count). The quantitative estimate of drug-likeness (QED) is 0.296. The molecule has 0 saturated carbocycles. The number of carbonyl (C=O) groups excluding carboxylic acids is 2. The zero-order chi connectivity index (χ0) is 16.5. The van der Waals surface area contributed by atoms with E-state index in [1.54, 1.807) is 20.8 Å². The van der Waals surface area contributed by atoms with Crippen molar-refractivity contribution in [3.8, 4) is 0 Å². The van der Waals surface area contributed by atoms with Gasteiger partial charge in [0.15, 0.2) is 0 Å². The Morgan fingerprint density at radius 1 is 1.29 bits per heavy atom. The highest BCUT2D eigenvalue weighted by Gasteiger charge is 2.24. The Morgan fingerprint density at radius 3 is 2.38 bits per heavy atom. The standard InChI is InChI=1S/C14H26BrNO4S/c1-10(2)9-11(12(17)19-8-6-7-15)16-21-13(18)20-14(3,4)5/h10-11,16H,6-9H2,1-5H3/t11-/m0/s1. The van der Waals surface area contributed by atoms with E-state index < -0.39 is 16.9 Å². The largest absolute Gasteiger partial charge is 0.464 e. The number of hydrogen-bond acceptors (Lipinski definition) is 6. The Labute approximate surface area is 140 Å². The van der Waals surface area contributed by atoms with Crippen molar-refractivity contribution in [1.29, 1.82) is 0 Å². The van der Waals surface area contributed by atoms with Gasteiger partial charge >= 0.3 is 11.3 Å². The number of rotatable bonds is 8. The van der Waals surface area contributed by atoms with Crippen LogP contribution in [0.4, 0.5) is 4.79 Å². The molecular weight excluding hydrogens is 358 g/mol. The van der Waals surface area contributed by atoms with E-state index in [1.165, 1.54) is 0 Å². The molecule has 1 N–H and O–H groups in total. The second-order valence-corrected chi connectivity index (χ2v) is 7.64. The molecule has 124 valence electrons. The molecule has 21 heavy (non-hydrogen) atoms. The Balaban J connectivity index is 4.35. The van der Waals surface area contributed by atoms with E-state index in [1.807, 2.05) is 13.8 Å². The van der Waals surface area contributed by atoms with E-state index in [0.29, 0.717) is 18.9 Å². The smallest absolute Gasteiger partial charge is 0.383 e. The van der Waals surface area contributed by atoms with Crippen LogP contribution in [0.3, 0.4) is 0 Å². The van der Waals surface area contributed by atoms with Crippen molar-refractivity contribution in [2.24, 2.45) is 5.92 Å². The minimum Gasteiger partial charge on any atom is -0.464 e. The van der Waals surface area contributed by atoms with Crippen molar-refractivity contribution in [2.45, 2.75) is 59.1 Å². The number of alkyl halides is 1. The molecule has 0 aliphatic rings. The van der Waals surface area contributed by atoms with Gasteiger partial charge in [0.25, 0.3) is 0 Å². The first-order chi connectivity index (χ1) is 9.65. The van der Waals surface area contributed by atoms with Gasteiger partial charge in [0.1, 0.15) is 11.6 Å². The molecule has 0 aromatic carbocycles. The van der Waals surface area contributed by atoms with Crippen LogP contribution in [0.5, 0.6) is 0 Å². The van der Waals surface area contributed by atoms with Crippen LogP contribution >= 0.6 is 27.9 Å². The normalized spacial score (nSPS) is 13.1. The molecule has 0 radical (unpaired) electrons. The topological polar surface area (TPSA) is 64.6 Å². The molecule has 0 saturated heterocycles. The molecule has 0 unspecified atom stereocenters. The summed E-state index contributed by atoms with van der Waals surface area (Å²) in [4.78, 5) is 23.6. The van der Waals surface area contributed by atoms with Gasteiger partial charge in [-0.25, -0.2) is 9.52 Å². The summed E-state index contributed by atoms with van der Waals surface area (Å²) in [7, 11) is 0. The summed E-state index contributed by atoms with van der Waals surface area (Å²) < 4.78 is 13.2. The lowest BCUT2D eigenvalue weighted by Gasteiger charge is -2.21. The highest BCUT2D eigenvalue weighted by Crippen LogP contribution is 2.15. The lowest BCUT2D eigenvalue weighted by Crippen LogP contribution is -2.37. The maximum absolute atomic E-state index is 12.0. The van der Waals surface area contributed by atoms with Crippen molar-refractivity contribution >= 4 is 39.1 Å². The molecule has 0 heterocycles. The molecule has 0 fully saturated rings. The van der Waals surface area contributed by atoms with Gasteiger partial charge in [-0.05, 0) is 39.5 Å². The van der Waals surface area contributed by atoms with Crippen LogP contribution in [0.1, 0.15) is 47.5 Å². The van der Waals surface area contributed by atoms with Gasteiger partial charge < -0.3 is 9.47 Å². The highest BCUT2D eigenvalue weighted by molar-refractivity contribution is 9.09. The maximum Gasteiger partial charge on any atom is 0.383 e. The molecule has 0 amide bonds. The lowest BCUT2D eigenvalue weighted by molar-refractivity contribution is -0.146. The monoisotopic (exact) mass is 383 g/mol. The van der Waals surface area contributed by atoms with Crippen LogP contribution < -0.4 is 4.72 Å². The van der Waals surface area contributed by atoms with Crippen molar-refractivity contribution < 1.29 is 19.1 Å². The molecule has 0 aromatic rings. The van der Waals surface area contributed by atoms with Gasteiger partial charge in [-0.3, -0.25) is 4.79 Å². The van der Waals surface area contributed by atoms with Crippen molar-refractivity contribution in [1.82, 2.24) is 4.72 Å². The van der Waals surface area contributed by atoms with Crippen molar-refractivity contribution in [3.63, 3.8) is 0 Å². The van der Waals surface area contributed by atoms with Crippen LogP contribution in [-0.2, 0) is 14.3 Å². The summed E-state index contributed by atoms with van der Waals surface area (Å²) in [5.74, 6) is -0.0221. The number of hydrogen-bond donors (Lipinski definition) is 1. The summed E-state index contributed by atoms with van der Waals surface area (Å²) in [5, 5.41) is 0.333. The minimum atomic E-state index is -0.546. The second-order valence-electron chi connectivity index (χ2n) is 6.08. The van der Waals surface area contributed by atoms with E-state index in [0.717, 1.165) is 23.7 Å². The molecule has 0 aliphatic heterocycles. The number of carbonyl (C=O) groups is 2. The summed E-state index contributed by atoms with van der Waals surface area (Å²) >= 11 is 4.08. The lowest BCUT2D eigenvalue weighted by atomic mass is 10.1. The molecule has 0 aromatic heterocycles. The van der Waals surface area contributed by atoms with E-state index in [2.05, 4.69) is 20.7 Å². The summed E-state index contributed by atoms with van der Waals surface area (Å²) in [6.07, 6.45) is 1.36. The van der Waals surface area contributed by atoms with Gasteiger partial charge in [0.2, 0.25) is 0 Å². The van der Waals surface area contributed by atoms with Crippen LogP contribution in [-0.4, -0.2) is 34.9 Å². The summed E-state index contributed by atoms with van der Waals surface area (Å²) in [6, 6.07) is -0.516. The van der Waals surface area contributed by atoms with Crippen molar-refractivity contribution in [2.75, 3.05) is 11.9 Å². The third-order valence-corrected chi connectivity index (χ3v) is 3.40. The first kappa shape index (κ1) is 20.7.